The maximum absolute atomic E-state index is 12.5. The van der Waals surface area contributed by atoms with Crippen molar-refractivity contribution in [1.29, 1.82) is 0 Å². The zero-order valence-electron chi connectivity index (χ0n) is 11.2. The van der Waals surface area contributed by atoms with Crippen molar-refractivity contribution >= 4 is 16.7 Å². The number of ether oxygens (including phenoxy) is 1. The first-order valence-electron chi connectivity index (χ1n) is 7.23. The lowest BCUT2D eigenvalue weighted by molar-refractivity contribution is 0.00812. The number of carbonyl (C=O) groups excluding carboxylic acids is 1. The average Bonchev–Trinajstić information content (AvgIpc) is 2.85. The van der Waals surface area contributed by atoms with Crippen molar-refractivity contribution in [2.45, 2.75) is 25.0 Å². The third kappa shape index (κ3) is 1.81. The van der Waals surface area contributed by atoms with E-state index in [1.807, 2.05) is 42.5 Å². The van der Waals surface area contributed by atoms with Gasteiger partial charge < -0.3 is 10.1 Å². The summed E-state index contributed by atoms with van der Waals surface area (Å²) in [5, 5.41) is 5.30. The van der Waals surface area contributed by atoms with Gasteiger partial charge in [0.2, 0.25) is 0 Å². The van der Waals surface area contributed by atoms with Gasteiger partial charge in [-0.2, -0.15) is 0 Å². The Bertz CT molecular complexity index is 662. The van der Waals surface area contributed by atoms with Crippen molar-refractivity contribution in [2.75, 3.05) is 6.61 Å². The molecule has 0 aromatic heterocycles. The van der Waals surface area contributed by atoms with Crippen molar-refractivity contribution in [2.24, 2.45) is 5.92 Å². The molecule has 4 rings (SSSR count). The molecule has 1 N–H and O–H groups in total. The van der Waals surface area contributed by atoms with Gasteiger partial charge in [-0.25, -0.2) is 0 Å². The minimum atomic E-state index is 0.0390. The van der Waals surface area contributed by atoms with Crippen LogP contribution in [0.15, 0.2) is 42.5 Å². The minimum absolute atomic E-state index is 0.0390. The topological polar surface area (TPSA) is 38.3 Å². The molecule has 2 fully saturated rings. The highest BCUT2D eigenvalue weighted by atomic mass is 16.5. The van der Waals surface area contributed by atoms with Crippen molar-refractivity contribution < 1.29 is 9.53 Å². The molecule has 102 valence electrons. The van der Waals surface area contributed by atoms with Gasteiger partial charge in [0, 0.05) is 24.1 Å². The number of carbonyl (C=O) groups is 1. The zero-order chi connectivity index (χ0) is 13.5. The van der Waals surface area contributed by atoms with Crippen molar-refractivity contribution in [3.8, 4) is 0 Å². The van der Waals surface area contributed by atoms with E-state index in [2.05, 4.69) is 5.32 Å². The summed E-state index contributed by atoms with van der Waals surface area (Å²) in [4.78, 5) is 12.5. The molecular weight excluding hydrogens is 250 g/mol. The summed E-state index contributed by atoms with van der Waals surface area (Å²) in [5.74, 6) is 0.561. The average molecular weight is 267 g/mol. The van der Waals surface area contributed by atoms with Gasteiger partial charge in [0.05, 0.1) is 6.10 Å². The number of hydrogen-bond acceptors (Lipinski definition) is 2. The molecule has 2 aromatic rings. The first kappa shape index (κ1) is 11.9. The lowest BCUT2D eigenvalue weighted by atomic mass is 9.76. The molecule has 20 heavy (non-hydrogen) atoms. The lowest BCUT2D eigenvalue weighted by Crippen LogP contribution is -2.53. The summed E-state index contributed by atoms with van der Waals surface area (Å²) in [7, 11) is 0. The second kappa shape index (κ2) is 4.60. The Kier molecular flexibility index (Phi) is 2.74. The molecule has 3 nitrogen and oxygen atoms in total. The molecule has 3 atom stereocenters. The molecule has 3 heteroatoms. The van der Waals surface area contributed by atoms with E-state index in [9.17, 15) is 4.79 Å². The standard InChI is InChI=1S/C17H17NO2/c19-17(18-15-10-16-14(15)8-9-20-16)13-7-3-5-11-4-1-2-6-12(11)13/h1-7,14-16H,8-10H2,(H,18,19)/t14-,15+,16+/m0/s1. The molecule has 0 unspecified atom stereocenters. The molecule has 1 heterocycles. The summed E-state index contributed by atoms with van der Waals surface area (Å²) in [5.41, 5.74) is 0.769. The molecule has 1 aliphatic carbocycles. The van der Waals surface area contributed by atoms with Gasteiger partial charge in [-0.3, -0.25) is 4.79 Å². The largest absolute Gasteiger partial charge is 0.378 e. The number of nitrogens with one attached hydrogen (secondary N) is 1. The van der Waals surface area contributed by atoms with Crippen LogP contribution in [0, 0.1) is 5.92 Å². The molecule has 1 saturated heterocycles. The predicted molar refractivity (Wildman–Crippen MR) is 77.7 cm³/mol. The van der Waals surface area contributed by atoms with Crippen molar-refractivity contribution in [3.05, 3.63) is 48.0 Å². The van der Waals surface area contributed by atoms with Gasteiger partial charge in [-0.15, -0.1) is 0 Å². The quantitative estimate of drug-likeness (QED) is 0.908. The molecule has 0 radical (unpaired) electrons. The van der Waals surface area contributed by atoms with Crippen LogP contribution in [-0.4, -0.2) is 24.7 Å². The Morgan fingerprint density at radius 3 is 2.90 bits per heavy atom. The van der Waals surface area contributed by atoms with Gasteiger partial charge in [-0.05, 0) is 29.7 Å². The van der Waals surface area contributed by atoms with Crippen LogP contribution in [0.25, 0.3) is 10.8 Å². The molecular formula is C17H17NO2. The number of benzene rings is 2. The third-order valence-electron chi connectivity index (χ3n) is 4.61. The Labute approximate surface area is 117 Å². The molecule has 2 aliphatic rings. The van der Waals surface area contributed by atoms with E-state index < -0.39 is 0 Å². The second-order valence-electron chi connectivity index (χ2n) is 5.70. The van der Waals surface area contributed by atoms with Crippen LogP contribution in [0.2, 0.25) is 0 Å². The van der Waals surface area contributed by atoms with Crippen molar-refractivity contribution in [3.63, 3.8) is 0 Å². The fourth-order valence-corrected chi connectivity index (χ4v) is 3.43. The Morgan fingerprint density at radius 1 is 1.15 bits per heavy atom. The molecule has 1 saturated carbocycles. The smallest absolute Gasteiger partial charge is 0.252 e. The maximum atomic E-state index is 12.5. The summed E-state index contributed by atoms with van der Waals surface area (Å²) in [6.45, 7) is 0.843. The van der Waals surface area contributed by atoms with Gasteiger partial charge in [0.15, 0.2) is 0 Å². The minimum Gasteiger partial charge on any atom is -0.378 e. The van der Waals surface area contributed by atoms with E-state index in [-0.39, 0.29) is 11.9 Å². The number of fused-ring (bicyclic) bond motifs is 2. The molecule has 1 amide bonds. The maximum Gasteiger partial charge on any atom is 0.252 e. The zero-order valence-corrected chi connectivity index (χ0v) is 11.2. The van der Waals surface area contributed by atoms with Gasteiger partial charge in [0.25, 0.3) is 5.91 Å². The summed E-state index contributed by atoms with van der Waals surface area (Å²) in [6, 6.07) is 14.2. The van der Waals surface area contributed by atoms with Crippen LogP contribution in [0.5, 0.6) is 0 Å². The van der Waals surface area contributed by atoms with E-state index >= 15 is 0 Å². The number of hydrogen-bond donors (Lipinski definition) is 1. The second-order valence-corrected chi connectivity index (χ2v) is 5.70. The van der Waals surface area contributed by atoms with Crippen LogP contribution >= 0.6 is 0 Å². The number of amides is 1. The van der Waals surface area contributed by atoms with Gasteiger partial charge in [0.1, 0.15) is 0 Å². The highest BCUT2D eigenvalue weighted by Crippen LogP contribution is 2.38. The summed E-state index contributed by atoms with van der Waals surface area (Å²) in [6.07, 6.45) is 2.42. The molecule has 0 bridgehead atoms. The highest BCUT2D eigenvalue weighted by molar-refractivity contribution is 6.07. The van der Waals surface area contributed by atoms with Crippen molar-refractivity contribution in [1.82, 2.24) is 5.32 Å². The first-order valence-corrected chi connectivity index (χ1v) is 7.23. The normalized spacial score (nSPS) is 27.9. The summed E-state index contributed by atoms with van der Waals surface area (Å²) >= 11 is 0. The van der Waals surface area contributed by atoms with E-state index in [0.717, 1.165) is 35.8 Å². The van der Waals surface area contributed by atoms with E-state index in [4.69, 9.17) is 4.74 Å². The molecule has 1 aliphatic heterocycles. The van der Waals surface area contributed by atoms with Gasteiger partial charge >= 0.3 is 0 Å². The van der Waals surface area contributed by atoms with Crippen LogP contribution < -0.4 is 5.32 Å². The predicted octanol–water partition coefficient (Wildman–Crippen LogP) is 2.75. The third-order valence-corrected chi connectivity index (χ3v) is 4.61. The Morgan fingerprint density at radius 2 is 2.00 bits per heavy atom. The van der Waals surface area contributed by atoms with E-state index in [1.54, 1.807) is 0 Å². The fourth-order valence-electron chi connectivity index (χ4n) is 3.43. The van der Waals surface area contributed by atoms with Crippen LogP contribution in [0.4, 0.5) is 0 Å². The Hall–Kier alpha value is -1.87. The Balaban J connectivity index is 1.58. The first-order chi connectivity index (χ1) is 9.83. The monoisotopic (exact) mass is 267 g/mol. The number of rotatable bonds is 2. The van der Waals surface area contributed by atoms with E-state index in [1.165, 1.54) is 0 Å². The van der Waals surface area contributed by atoms with Crippen LogP contribution in [0.3, 0.4) is 0 Å². The van der Waals surface area contributed by atoms with E-state index in [0.29, 0.717) is 12.0 Å². The van der Waals surface area contributed by atoms with Crippen LogP contribution in [0.1, 0.15) is 23.2 Å². The SMILES string of the molecule is O=C(N[C@@H]1C[C@H]2OCC[C@@H]12)c1cccc2ccccc12. The van der Waals surface area contributed by atoms with Crippen LogP contribution in [-0.2, 0) is 4.74 Å². The molecule has 2 aromatic carbocycles. The van der Waals surface area contributed by atoms with Gasteiger partial charge in [-0.1, -0.05) is 36.4 Å². The lowest BCUT2D eigenvalue weighted by Gasteiger charge is -2.39. The molecule has 0 spiro atoms. The fraction of sp³-hybridized carbons (Fsp3) is 0.353. The summed E-state index contributed by atoms with van der Waals surface area (Å²) < 4.78 is 5.59. The highest BCUT2D eigenvalue weighted by Gasteiger charge is 2.45.